The van der Waals surface area contributed by atoms with Gasteiger partial charge in [0.1, 0.15) is 5.82 Å². The van der Waals surface area contributed by atoms with Crippen LogP contribution in [0.4, 0.5) is 0 Å². The molecular weight excluding hydrogens is 330 g/mol. The van der Waals surface area contributed by atoms with Gasteiger partial charge in [0.25, 0.3) is 0 Å². The van der Waals surface area contributed by atoms with Gasteiger partial charge >= 0.3 is 0 Å². The number of aliphatic hydroxyl groups excluding tert-OH is 1. The van der Waals surface area contributed by atoms with E-state index in [9.17, 15) is 5.11 Å². The zero-order chi connectivity index (χ0) is 16.2. The molecule has 0 bridgehead atoms. The summed E-state index contributed by atoms with van der Waals surface area (Å²) >= 11 is 7.98. The smallest absolute Gasteiger partial charge is 0.154 e. The van der Waals surface area contributed by atoms with Crippen molar-refractivity contribution in [3.63, 3.8) is 0 Å². The fraction of sp³-hybridized carbons (Fsp3) is 0.529. The molecule has 0 aliphatic heterocycles. The van der Waals surface area contributed by atoms with Crippen molar-refractivity contribution in [2.24, 2.45) is 0 Å². The molecule has 4 nitrogen and oxygen atoms in total. The lowest BCUT2D eigenvalue weighted by atomic mass is 10.2. The Hall–Kier alpha value is -1.04. The fourth-order valence-corrected chi connectivity index (χ4v) is 3.61. The molecular formula is C17H22ClN3OS. The van der Waals surface area contributed by atoms with Gasteiger partial charge in [0.15, 0.2) is 5.82 Å². The standard InChI is InChI=1S/C17H22ClN3OS/c1-2-14(22)9-21-16(19-17(20-21)12-7-8-12)11-23-10-13-5-3-4-6-15(13)18/h3-6,12,14,22H,2,7-11H2,1H3. The minimum atomic E-state index is -0.365. The molecule has 23 heavy (non-hydrogen) atoms. The average Bonchev–Trinajstić information content (AvgIpc) is 3.32. The predicted octanol–water partition coefficient (Wildman–Crippen LogP) is 4.01. The summed E-state index contributed by atoms with van der Waals surface area (Å²) < 4.78 is 1.89. The first-order valence-corrected chi connectivity index (χ1v) is 9.63. The second-order valence-corrected chi connectivity index (χ2v) is 7.38. The van der Waals surface area contributed by atoms with E-state index in [4.69, 9.17) is 16.6 Å². The third-order valence-corrected chi connectivity index (χ3v) is 5.35. The summed E-state index contributed by atoms with van der Waals surface area (Å²) in [7, 11) is 0. The molecule has 124 valence electrons. The van der Waals surface area contributed by atoms with Gasteiger partial charge in [-0.05, 0) is 30.9 Å². The Labute approximate surface area is 146 Å². The van der Waals surface area contributed by atoms with Gasteiger partial charge in [-0.2, -0.15) is 5.10 Å². The lowest BCUT2D eigenvalue weighted by Gasteiger charge is -2.10. The minimum Gasteiger partial charge on any atom is -0.391 e. The van der Waals surface area contributed by atoms with Gasteiger partial charge in [0, 0.05) is 16.7 Å². The van der Waals surface area contributed by atoms with Crippen molar-refractivity contribution >= 4 is 23.4 Å². The van der Waals surface area contributed by atoms with E-state index in [0.717, 1.165) is 40.2 Å². The number of halogens is 1. The van der Waals surface area contributed by atoms with E-state index in [1.165, 1.54) is 12.8 Å². The topological polar surface area (TPSA) is 50.9 Å². The Balaban J connectivity index is 1.64. The molecule has 1 aromatic carbocycles. The van der Waals surface area contributed by atoms with Crippen molar-refractivity contribution < 1.29 is 5.11 Å². The van der Waals surface area contributed by atoms with E-state index in [1.807, 2.05) is 29.8 Å². The lowest BCUT2D eigenvalue weighted by Crippen LogP contribution is -2.17. The van der Waals surface area contributed by atoms with Crippen molar-refractivity contribution in [1.29, 1.82) is 0 Å². The van der Waals surface area contributed by atoms with E-state index >= 15 is 0 Å². The van der Waals surface area contributed by atoms with Gasteiger partial charge < -0.3 is 5.11 Å². The molecule has 1 unspecified atom stereocenters. The van der Waals surface area contributed by atoms with Crippen LogP contribution < -0.4 is 0 Å². The van der Waals surface area contributed by atoms with Crippen LogP contribution in [0.3, 0.4) is 0 Å². The molecule has 1 saturated carbocycles. The van der Waals surface area contributed by atoms with Gasteiger partial charge in [0.2, 0.25) is 0 Å². The first-order valence-electron chi connectivity index (χ1n) is 8.10. The number of hydrogen-bond acceptors (Lipinski definition) is 4. The van der Waals surface area contributed by atoms with Crippen LogP contribution in [0, 0.1) is 0 Å². The molecule has 1 aliphatic rings. The maximum atomic E-state index is 9.93. The predicted molar refractivity (Wildman–Crippen MR) is 94.7 cm³/mol. The highest BCUT2D eigenvalue weighted by Crippen LogP contribution is 2.38. The summed E-state index contributed by atoms with van der Waals surface area (Å²) in [4.78, 5) is 4.70. The van der Waals surface area contributed by atoms with E-state index in [-0.39, 0.29) is 6.10 Å². The molecule has 1 N–H and O–H groups in total. The largest absolute Gasteiger partial charge is 0.391 e. The summed E-state index contributed by atoms with van der Waals surface area (Å²) in [5, 5.41) is 15.3. The molecule has 1 heterocycles. The van der Waals surface area contributed by atoms with Gasteiger partial charge in [-0.3, -0.25) is 0 Å². The van der Waals surface area contributed by atoms with Gasteiger partial charge in [-0.25, -0.2) is 9.67 Å². The van der Waals surface area contributed by atoms with Crippen LogP contribution in [0.2, 0.25) is 5.02 Å². The van der Waals surface area contributed by atoms with Crippen LogP contribution in [0.5, 0.6) is 0 Å². The quantitative estimate of drug-likeness (QED) is 0.780. The molecule has 1 fully saturated rings. The maximum Gasteiger partial charge on any atom is 0.154 e. The Morgan fingerprint density at radius 3 is 2.83 bits per heavy atom. The molecule has 0 amide bonds. The molecule has 1 aliphatic carbocycles. The monoisotopic (exact) mass is 351 g/mol. The van der Waals surface area contributed by atoms with Crippen molar-refractivity contribution in [2.45, 2.75) is 56.3 Å². The molecule has 0 radical (unpaired) electrons. The number of aromatic nitrogens is 3. The number of thioether (sulfide) groups is 1. The molecule has 0 saturated heterocycles. The average molecular weight is 352 g/mol. The summed E-state index contributed by atoms with van der Waals surface area (Å²) in [6.07, 6.45) is 2.74. The highest BCUT2D eigenvalue weighted by molar-refractivity contribution is 7.97. The lowest BCUT2D eigenvalue weighted by molar-refractivity contribution is 0.144. The second kappa shape index (κ2) is 7.69. The Kier molecular flexibility index (Phi) is 5.62. The molecule has 6 heteroatoms. The Morgan fingerprint density at radius 2 is 2.13 bits per heavy atom. The second-order valence-electron chi connectivity index (χ2n) is 5.99. The van der Waals surface area contributed by atoms with Crippen LogP contribution in [0.1, 0.15) is 49.3 Å². The molecule has 1 aromatic heterocycles. The van der Waals surface area contributed by atoms with Crippen molar-refractivity contribution in [1.82, 2.24) is 14.8 Å². The summed E-state index contributed by atoms with van der Waals surface area (Å²) in [6, 6.07) is 7.92. The normalized spacial score (nSPS) is 15.8. The third-order valence-electron chi connectivity index (χ3n) is 4.01. The summed E-state index contributed by atoms with van der Waals surface area (Å²) in [5.74, 6) is 4.06. The molecule has 0 spiro atoms. The number of aliphatic hydroxyl groups is 1. The molecule has 1 atom stereocenters. The first-order chi connectivity index (χ1) is 11.2. The van der Waals surface area contributed by atoms with E-state index in [1.54, 1.807) is 11.8 Å². The summed E-state index contributed by atoms with van der Waals surface area (Å²) in [5.41, 5.74) is 1.14. The van der Waals surface area contributed by atoms with E-state index < -0.39 is 0 Å². The van der Waals surface area contributed by atoms with Crippen LogP contribution in [0.25, 0.3) is 0 Å². The van der Waals surface area contributed by atoms with E-state index in [2.05, 4.69) is 11.2 Å². The van der Waals surface area contributed by atoms with Gasteiger partial charge in [-0.15, -0.1) is 11.8 Å². The fourth-order valence-electron chi connectivity index (χ4n) is 2.36. The number of hydrogen-bond donors (Lipinski definition) is 1. The SMILES string of the molecule is CCC(O)Cn1nc(C2CC2)nc1CSCc1ccccc1Cl. The Morgan fingerprint density at radius 1 is 1.35 bits per heavy atom. The number of benzene rings is 1. The van der Waals surface area contributed by atoms with Crippen molar-refractivity contribution in [3.05, 3.63) is 46.5 Å². The molecule has 3 rings (SSSR count). The summed E-state index contributed by atoms with van der Waals surface area (Å²) in [6.45, 7) is 2.51. The maximum absolute atomic E-state index is 9.93. The third kappa shape index (κ3) is 4.49. The molecule has 2 aromatic rings. The van der Waals surface area contributed by atoms with Crippen molar-refractivity contribution in [3.8, 4) is 0 Å². The van der Waals surface area contributed by atoms with Gasteiger partial charge in [-0.1, -0.05) is 36.7 Å². The zero-order valence-corrected chi connectivity index (χ0v) is 14.9. The van der Waals surface area contributed by atoms with Crippen LogP contribution >= 0.6 is 23.4 Å². The van der Waals surface area contributed by atoms with Gasteiger partial charge in [0.05, 0.1) is 18.4 Å². The Bertz CT molecular complexity index is 657. The van der Waals surface area contributed by atoms with E-state index in [0.29, 0.717) is 12.5 Å². The minimum absolute atomic E-state index is 0.365. The highest BCUT2D eigenvalue weighted by atomic mass is 35.5. The highest BCUT2D eigenvalue weighted by Gasteiger charge is 2.29. The van der Waals surface area contributed by atoms with Crippen LogP contribution in [0.15, 0.2) is 24.3 Å². The van der Waals surface area contributed by atoms with Crippen molar-refractivity contribution in [2.75, 3.05) is 0 Å². The first kappa shape index (κ1) is 16.8. The van der Waals surface area contributed by atoms with Crippen LogP contribution in [-0.2, 0) is 18.1 Å². The number of rotatable bonds is 8. The van der Waals surface area contributed by atoms with Crippen LogP contribution in [-0.4, -0.2) is 26.0 Å². The zero-order valence-electron chi connectivity index (χ0n) is 13.3. The number of nitrogens with zero attached hydrogens (tertiary/aromatic N) is 3.